The van der Waals surface area contributed by atoms with Gasteiger partial charge in [0.1, 0.15) is 6.04 Å². The van der Waals surface area contributed by atoms with E-state index in [9.17, 15) is 19.6 Å². The molecular weight excluding hydrogens is 608 g/mol. The van der Waals surface area contributed by atoms with Gasteiger partial charge in [0, 0.05) is 68.2 Å². The molecule has 3 aliphatic heterocycles. The van der Waals surface area contributed by atoms with Crippen LogP contribution in [0.2, 0.25) is 0 Å². The van der Waals surface area contributed by atoms with Gasteiger partial charge in [-0.2, -0.15) is 0 Å². The number of hydrogen-bond acceptors (Lipinski definition) is 7. The number of fused-ring (bicyclic) bond motifs is 2. The Labute approximate surface area is 280 Å². The molecule has 0 bridgehead atoms. The number of likely N-dealkylation sites (tertiary alicyclic amines) is 2. The highest BCUT2D eigenvalue weighted by atomic mass is 16.5. The summed E-state index contributed by atoms with van der Waals surface area (Å²) in [5.41, 5.74) is 4.00. The number of urea groups is 1. The van der Waals surface area contributed by atoms with Crippen molar-refractivity contribution in [1.29, 1.82) is 0 Å². The van der Waals surface area contributed by atoms with Gasteiger partial charge in [-0.25, -0.2) is 4.79 Å². The Morgan fingerprint density at radius 2 is 1.67 bits per heavy atom. The van der Waals surface area contributed by atoms with E-state index in [1.54, 1.807) is 11.1 Å². The summed E-state index contributed by atoms with van der Waals surface area (Å²) in [7, 11) is 2.17. The molecule has 5 heterocycles. The van der Waals surface area contributed by atoms with Crippen molar-refractivity contribution in [1.82, 2.24) is 39.8 Å². The second-order valence-corrected chi connectivity index (χ2v) is 13.9. The standard InChI is InChI=1S/C36H46N8O4/c1-24-19-25(20-28-23-44(48)39-33(24)28)21-32(35(46)42-17-15-41(16-18-42)29-9-11-40(2)12-10-29)38-36(47)43-13-7-26(8-14-43)30-22-27-5-3-4-6-31(27)37-34(30)45/h3-6,19-20,22-23,26,29,32,48H,7-18,21H2,1-2H3,(H,37,45)(H,38,47)/t32-/m1/s1. The lowest BCUT2D eigenvalue weighted by molar-refractivity contribution is -0.135. The van der Waals surface area contributed by atoms with E-state index in [4.69, 9.17) is 0 Å². The SMILES string of the molecule is Cc1cc(C[C@@H](NC(=O)N2CCC(c3cc4ccccc4[nH]c3=O)CC2)C(=O)N2CCN(C3CCN(C)CC3)CC2)cc2cn(O)nc12. The van der Waals surface area contributed by atoms with Crippen molar-refractivity contribution in [2.24, 2.45) is 0 Å². The number of rotatable bonds is 6. The van der Waals surface area contributed by atoms with Gasteiger partial charge in [-0.15, -0.1) is 9.94 Å². The molecule has 12 nitrogen and oxygen atoms in total. The van der Waals surface area contributed by atoms with E-state index < -0.39 is 6.04 Å². The number of aromatic nitrogens is 3. The van der Waals surface area contributed by atoms with Crippen LogP contribution in [-0.4, -0.2) is 123 Å². The molecule has 254 valence electrons. The Hall–Kier alpha value is -4.42. The maximum atomic E-state index is 14.2. The summed E-state index contributed by atoms with van der Waals surface area (Å²) in [5.74, 6) is -0.0117. The predicted octanol–water partition coefficient (Wildman–Crippen LogP) is 3.16. The first-order valence-corrected chi connectivity index (χ1v) is 17.3. The summed E-state index contributed by atoms with van der Waals surface area (Å²) in [6, 6.07) is 13.2. The lowest BCUT2D eigenvalue weighted by Gasteiger charge is -2.43. The number of piperazine rings is 1. The monoisotopic (exact) mass is 654 g/mol. The summed E-state index contributed by atoms with van der Waals surface area (Å²) in [5, 5.41) is 18.9. The van der Waals surface area contributed by atoms with Crippen LogP contribution in [0.4, 0.5) is 4.79 Å². The number of H-pyrrole nitrogens is 1. The number of carbonyl (C=O) groups is 2. The molecular formula is C36H46N8O4. The average molecular weight is 655 g/mol. The number of piperidine rings is 2. The van der Waals surface area contributed by atoms with Crippen molar-refractivity contribution >= 4 is 33.7 Å². The van der Waals surface area contributed by atoms with Crippen LogP contribution in [0.3, 0.4) is 0 Å². The number of pyridine rings is 1. The average Bonchev–Trinajstić information content (AvgIpc) is 3.48. The molecule has 48 heavy (non-hydrogen) atoms. The zero-order valence-corrected chi connectivity index (χ0v) is 27.9. The lowest BCUT2D eigenvalue weighted by atomic mass is 9.89. The smallest absolute Gasteiger partial charge is 0.318 e. The predicted molar refractivity (Wildman–Crippen MR) is 184 cm³/mol. The first kappa shape index (κ1) is 32.1. The summed E-state index contributed by atoms with van der Waals surface area (Å²) in [6.45, 7) is 8.09. The molecule has 0 unspecified atom stereocenters. The quantitative estimate of drug-likeness (QED) is 0.273. The first-order valence-electron chi connectivity index (χ1n) is 17.3. The molecule has 3 fully saturated rings. The fraction of sp³-hybridized carbons (Fsp3) is 0.500. The van der Waals surface area contributed by atoms with Crippen molar-refractivity contribution in [3.63, 3.8) is 0 Å². The van der Waals surface area contributed by atoms with Gasteiger partial charge in [0.15, 0.2) is 0 Å². The van der Waals surface area contributed by atoms with Crippen LogP contribution in [-0.2, 0) is 11.2 Å². The van der Waals surface area contributed by atoms with E-state index >= 15 is 0 Å². The number of nitrogens with one attached hydrogen (secondary N) is 2. The van der Waals surface area contributed by atoms with Crippen LogP contribution in [0.5, 0.6) is 0 Å². The molecule has 0 aliphatic carbocycles. The zero-order chi connectivity index (χ0) is 33.4. The van der Waals surface area contributed by atoms with Crippen molar-refractivity contribution in [3.05, 3.63) is 75.7 Å². The summed E-state index contributed by atoms with van der Waals surface area (Å²) >= 11 is 0. The van der Waals surface area contributed by atoms with Crippen LogP contribution in [0, 0.1) is 6.92 Å². The molecule has 1 atom stereocenters. The molecule has 4 aromatic rings. The number of nitrogens with zero attached hydrogens (tertiary/aromatic N) is 6. The van der Waals surface area contributed by atoms with E-state index in [0.29, 0.717) is 57.0 Å². The van der Waals surface area contributed by atoms with Crippen LogP contribution in [0.15, 0.2) is 53.5 Å². The minimum Gasteiger partial charge on any atom is -0.412 e. The number of aryl methyl sites for hydroxylation is 1. The van der Waals surface area contributed by atoms with Gasteiger partial charge in [-0.05, 0) is 93.4 Å². The molecule has 3 amide bonds. The number of aromatic amines is 1. The molecule has 3 N–H and O–H groups in total. The Morgan fingerprint density at radius 1 is 0.938 bits per heavy atom. The Balaban J connectivity index is 1.04. The fourth-order valence-corrected chi connectivity index (χ4v) is 7.92. The Bertz CT molecular complexity index is 1850. The Kier molecular flexibility index (Phi) is 9.11. The van der Waals surface area contributed by atoms with Crippen LogP contribution in [0.1, 0.15) is 48.3 Å². The van der Waals surface area contributed by atoms with Crippen LogP contribution < -0.4 is 10.9 Å². The van der Waals surface area contributed by atoms with Gasteiger partial charge in [-0.3, -0.25) is 14.5 Å². The maximum Gasteiger partial charge on any atom is 0.318 e. The largest absolute Gasteiger partial charge is 0.412 e. The summed E-state index contributed by atoms with van der Waals surface area (Å²) in [6.07, 6.45) is 5.54. The topological polar surface area (TPSA) is 130 Å². The molecule has 0 radical (unpaired) electrons. The number of benzene rings is 2. The van der Waals surface area contributed by atoms with E-state index in [1.165, 1.54) is 0 Å². The molecule has 3 aliphatic rings. The van der Waals surface area contributed by atoms with E-state index in [2.05, 4.69) is 32.2 Å². The van der Waals surface area contributed by atoms with Gasteiger partial charge in [0.25, 0.3) is 5.56 Å². The lowest BCUT2D eigenvalue weighted by Crippen LogP contribution is -2.59. The molecule has 0 spiro atoms. The van der Waals surface area contributed by atoms with E-state index in [-0.39, 0.29) is 23.4 Å². The number of hydrogen-bond donors (Lipinski definition) is 3. The molecule has 12 heteroatoms. The van der Waals surface area contributed by atoms with Gasteiger partial charge < -0.3 is 30.2 Å². The highest BCUT2D eigenvalue weighted by Gasteiger charge is 2.34. The molecule has 2 aromatic heterocycles. The van der Waals surface area contributed by atoms with Gasteiger partial charge in [-0.1, -0.05) is 24.3 Å². The van der Waals surface area contributed by atoms with Crippen molar-refractivity contribution in [2.45, 2.75) is 57.0 Å². The first-order chi connectivity index (χ1) is 23.2. The summed E-state index contributed by atoms with van der Waals surface area (Å²) < 4.78 is 0. The van der Waals surface area contributed by atoms with Gasteiger partial charge in [0.2, 0.25) is 5.91 Å². The van der Waals surface area contributed by atoms with Crippen LogP contribution in [0.25, 0.3) is 21.8 Å². The molecule has 2 aromatic carbocycles. The van der Waals surface area contributed by atoms with Crippen molar-refractivity contribution < 1.29 is 14.8 Å². The van der Waals surface area contributed by atoms with Gasteiger partial charge in [0.05, 0.1) is 11.7 Å². The second kappa shape index (κ2) is 13.6. The number of carbonyl (C=O) groups excluding carboxylic acids is 2. The highest BCUT2D eigenvalue weighted by Crippen LogP contribution is 2.28. The fourth-order valence-electron chi connectivity index (χ4n) is 7.92. The third kappa shape index (κ3) is 6.77. The third-order valence-electron chi connectivity index (χ3n) is 10.7. The molecule has 0 saturated carbocycles. The number of para-hydroxylation sites is 1. The normalized spacial score (nSPS) is 19.6. The minimum absolute atomic E-state index is 0.0582. The van der Waals surface area contributed by atoms with E-state index in [1.807, 2.05) is 54.3 Å². The highest BCUT2D eigenvalue weighted by molar-refractivity contribution is 5.88. The molecule has 7 rings (SSSR count). The van der Waals surface area contributed by atoms with Crippen LogP contribution >= 0.6 is 0 Å². The van der Waals surface area contributed by atoms with E-state index in [0.717, 1.165) is 76.8 Å². The Morgan fingerprint density at radius 3 is 2.42 bits per heavy atom. The van der Waals surface area contributed by atoms with Crippen molar-refractivity contribution in [3.8, 4) is 0 Å². The van der Waals surface area contributed by atoms with Crippen molar-refractivity contribution in [2.75, 3.05) is 59.4 Å². The maximum absolute atomic E-state index is 14.2. The zero-order valence-electron chi connectivity index (χ0n) is 27.9. The third-order valence-corrected chi connectivity index (χ3v) is 10.7. The summed E-state index contributed by atoms with van der Waals surface area (Å²) in [4.78, 5) is 53.2. The second-order valence-electron chi connectivity index (χ2n) is 13.9. The van der Waals surface area contributed by atoms with Gasteiger partial charge >= 0.3 is 6.03 Å². The number of amides is 3. The minimum atomic E-state index is -0.741. The molecule has 3 saturated heterocycles.